The highest BCUT2D eigenvalue weighted by molar-refractivity contribution is 6.05. The second kappa shape index (κ2) is 5.81. The second-order valence-electron chi connectivity index (χ2n) is 5.86. The number of carbonyl (C=O) groups excluding carboxylic acids is 2. The molecule has 1 aromatic carbocycles. The van der Waals surface area contributed by atoms with Crippen LogP contribution in [0.15, 0.2) is 36.4 Å². The number of rotatable bonds is 5. The molecule has 2 heterocycles. The fourth-order valence-electron chi connectivity index (χ4n) is 3.45. The molecule has 0 radical (unpaired) electrons. The molecule has 0 aliphatic carbocycles. The third kappa shape index (κ3) is 2.36. The number of carbonyl (C=O) groups is 2. The summed E-state index contributed by atoms with van der Waals surface area (Å²) in [6.45, 7) is 4.34. The predicted octanol–water partition coefficient (Wildman–Crippen LogP) is 2.40. The lowest BCUT2D eigenvalue weighted by molar-refractivity contribution is -0.147. The Morgan fingerprint density at radius 2 is 1.96 bits per heavy atom. The number of hydrogen-bond acceptors (Lipinski definition) is 5. The van der Waals surface area contributed by atoms with Gasteiger partial charge in [-0.15, -0.1) is 0 Å². The van der Waals surface area contributed by atoms with Crippen LogP contribution in [0.2, 0.25) is 0 Å². The lowest BCUT2D eigenvalue weighted by Crippen LogP contribution is -2.43. The number of benzene rings is 1. The molecule has 5 heteroatoms. The Balaban J connectivity index is 1.87. The van der Waals surface area contributed by atoms with Gasteiger partial charge in [0.05, 0.1) is 25.7 Å². The first kappa shape index (κ1) is 15.7. The Morgan fingerprint density at radius 3 is 2.57 bits per heavy atom. The van der Waals surface area contributed by atoms with Crippen molar-refractivity contribution < 1.29 is 23.8 Å². The Bertz CT molecular complexity index is 648. The minimum Gasteiger partial charge on any atom is -0.494 e. The molecule has 0 spiro atoms. The van der Waals surface area contributed by atoms with Gasteiger partial charge in [-0.1, -0.05) is 13.0 Å². The van der Waals surface area contributed by atoms with E-state index < -0.39 is 17.6 Å². The lowest BCUT2D eigenvalue weighted by Gasteiger charge is -2.28. The van der Waals surface area contributed by atoms with Crippen LogP contribution in [0.5, 0.6) is 5.75 Å². The largest absolute Gasteiger partial charge is 0.494 e. The van der Waals surface area contributed by atoms with Gasteiger partial charge in [0.15, 0.2) is 11.4 Å². The maximum Gasteiger partial charge on any atom is 0.312 e. The number of ether oxygens (including phenoxy) is 3. The van der Waals surface area contributed by atoms with Gasteiger partial charge in [0.2, 0.25) is 0 Å². The van der Waals surface area contributed by atoms with Crippen molar-refractivity contribution in [2.24, 2.45) is 11.8 Å². The molecular formula is C18H20O5. The molecule has 23 heavy (non-hydrogen) atoms. The van der Waals surface area contributed by atoms with Crippen molar-refractivity contribution in [1.29, 1.82) is 0 Å². The monoisotopic (exact) mass is 316 g/mol. The van der Waals surface area contributed by atoms with E-state index in [1.54, 1.807) is 36.4 Å². The van der Waals surface area contributed by atoms with E-state index >= 15 is 0 Å². The van der Waals surface area contributed by atoms with Gasteiger partial charge < -0.3 is 14.2 Å². The van der Waals surface area contributed by atoms with E-state index in [1.807, 2.05) is 13.8 Å². The van der Waals surface area contributed by atoms with Crippen LogP contribution in [-0.2, 0) is 14.3 Å². The van der Waals surface area contributed by atoms with E-state index in [2.05, 4.69) is 0 Å². The van der Waals surface area contributed by atoms with Crippen LogP contribution in [0.25, 0.3) is 0 Å². The van der Waals surface area contributed by atoms with E-state index in [9.17, 15) is 9.59 Å². The minimum atomic E-state index is -1.09. The Kier molecular flexibility index (Phi) is 3.98. The highest BCUT2D eigenvalue weighted by atomic mass is 16.5. The molecule has 4 unspecified atom stereocenters. The number of esters is 1. The van der Waals surface area contributed by atoms with Gasteiger partial charge in [-0.05, 0) is 37.3 Å². The van der Waals surface area contributed by atoms with E-state index in [4.69, 9.17) is 14.2 Å². The lowest BCUT2D eigenvalue weighted by atomic mass is 9.73. The number of hydrogen-bond donors (Lipinski definition) is 0. The van der Waals surface area contributed by atoms with Crippen molar-refractivity contribution in [2.45, 2.75) is 25.6 Å². The zero-order valence-electron chi connectivity index (χ0n) is 13.4. The molecule has 1 fully saturated rings. The van der Waals surface area contributed by atoms with Crippen molar-refractivity contribution in [3.63, 3.8) is 0 Å². The SMILES string of the molecule is CCOc1ccc(C(=O)C23C=CC(O2)C(C(=O)OC)C3C)cc1. The van der Waals surface area contributed by atoms with Gasteiger partial charge in [-0.25, -0.2) is 0 Å². The Hall–Kier alpha value is -2.14. The minimum absolute atomic E-state index is 0.141. The first-order chi connectivity index (χ1) is 11.0. The molecule has 1 saturated heterocycles. The molecule has 5 nitrogen and oxygen atoms in total. The Morgan fingerprint density at radius 1 is 1.26 bits per heavy atom. The summed E-state index contributed by atoms with van der Waals surface area (Å²) in [5, 5.41) is 0. The van der Waals surface area contributed by atoms with Gasteiger partial charge >= 0.3 is 5.97 Å². The fraction of sp³-hybridized carbons (Fsp3) is 0.444. The summed E-state index contributed by atoms with van der Waals surface area (Å²) in [5.74, 6) is -0.485. The normalized spacial score (nSPS) is 31.2. The van der Waals surface area contributed by atoms with Crippen molar-refractivity contribution in [3.05, 3.63) is 42.0 Å². The van der Waals surface area contributed by atoms with Crippen LogP contribution >= 0.6 is 0 Å². The smallest absolute Gasteiger partial charge is 0.312 e. The van der Waals surface area contributed by atoms with E-state index in [1.165, 1.54) is 7.11 Å². The summed E-state index contributed by atoms with van der Waals surface area (Å²) in [7, 11) is 1.35. The summed E-state index contributed by atoms with van der Waals surface area (Å²) < 4.78 is 16.2. The first-order valence-electron chi connectivity index (χ1n) is 7.76. The molecule has 3 rings (SSSR count). The van der Waals surface area contributed by atoms with Crippen molar-refractivity contribution >= 4 is 11.8 Å². The van der Waals surface area contributed by atoms with Crippen molar-refractivity contribution in [1.82, 2.24) is 0 Å². The van der Waals surface area contributed by atoms with Gasteiger partial charge in [0.25, 0.3) is 0 Å². The quantitative estimate of drug-likeness (QED) is 0.474. The van der Waals surface area contributed by atoms with Crippen LogP contribution in [0.3, 0.4) is 0 Å². The molecule has 2 aliphatic rings. The van der Waals surface area contributed by atoms with Crippen molar-refractivity contribution in [2.75, 3.05) is 13.7 Å². The number of Topliss-reactive ketones (excluding diaryl/α,β-unsaturated/α-hetero) is 1. The highest BCUT2D eigenvalue weighted by Crippen LogP contribution is 2.48. The standard InChI is InChI=1S/C18H20O5/c1-4-22-13-7-5-12(6-8-13)16(19)18-10-9-14(23-18)15(11(18)2)17(20)21-3/h5-11,14-15H,4H2,1-3H3. The van der Waals surface area contributed by atoms with Gasteiger partial charge in [-0.2, -0.15) is 0 Å². The van der Waals surface area contributed by atoms with Crippen LogP contribution in [0, 0.1) is 11.8 Å². The first-order valence-corrected chi connectivity index (χ1v) is 7.76. The summed E-state index contributed by atoms with van der Waals surface area (Å²) in [6, 6.07) is 6.98. The average Bonchev–Trinajstić information content (AvgIpc) is 3.12. The highest BCUT2D eigenvalue weighted by Gasteiger charge is 2.61. The summed E-state index contributed by atoms with van der Waals surface area (Å²) >= 11 is 0. The van der Waals surface area contributed by atoms with E-state index in [0.29, 0.717) is 17.9 Å². The Labute approximate surface area is 135 Å². The third-order valence-corrected chi connectivity index (χ3v) is 4.69. The van der Waals surface area contributed by atoms with Crippen molar-refractivity contribution in [3.8, 4) is 5.75 Å². The predicted molar refractivity (Wildman–Crippen MR) is 83.4 cm³/mol. The topological polar surface area (TPSA) is 61.8 Å². The third-order valence-electron chi connectivity index (χ3n) is 4.69. The van der Waals surface area contributed by atoms with Crippen LogP contribution in [0.1, 0.15) is 24.2 Å². The number of methoxy groups -OCH3 is 1. The van der Waals surface area contributed by atoms with E-state index in [0.717, 1.165) is 0 Å². The molecule has 0 saturated carbocycles. The average molecular weight is 316 g/mol. The van der Waals surface area contributed by atoms with Crippen LogP contribution < -0.4 is 4.74 Å². The van der Waals surface area contributed by atoms with Crippen LogP contribution in [0.4, 0.5) is 0 Å². The molecule has 122 valence electrons. The maximum atomic E-state index is 13.0. The molecule has 0 amide bonds. The zero-order chi connectivity index (χ0) is 16.6. The molecule has 2 aliphatic heterocycles. The molecule has 0 N–H and O–H groups in total. The number of ketones is 1. The molecule has 2 bridgehead atoms. The van der Waals surface area contributed by atoms with Gasteiger partial charge in [0.1, 0.15) is 5.75 Å². The zero-order valence-corrected chi connectivity index (χ0v) is 13.4. The van der Waals surface area contributed by atoms with E-state index in [-0.39, 0.29) is 17.7 Å². The summed E-state index contributed by atoms with van der Waals surface area (Å²) in [4.78, 5) is 25.0. The maximum absolute atomic E-state index is 13.0. The second-order valence-corrected chi connectivity index (χ2v) is 5.86. The summed E-state index contributed by atoms with van der Waals surface area (Å²) in [5.41, 5.74) is -0.549. The molecule has 4 atom stereocenters. The number of fused-ring (bicyclic) bond motifs is 2. The van der Waals surface area contributed by atoms with Crippen LogP contribution in [-0.4, -0.2) is 37.2 Å². The molecule has 0 aromatic heterocycles. The van der Waals surface area contributed by atoms with Gasteiger partial charge in [-0.3, -0.25) is 9.59 Å². The molecule has 1 aromatic rings. The fourth-order valence-corrected chi connectivity index (χ4v) is 3.45. The summed E-state index contributed by atoms with van der Waals surface area (Å²) in [6.07, 6.45) is 3.17. The molecular weight excluding hydrogens is 296 g/mol. The van der Waals surface area contributed by atoms with Gasteiger partial charge in [0, 0.05) is 11.5 Å².